The number of ketones is 1. The van der Waals surface area contributed by atoms with Gasteiger partial charge in [0.2, 0.25) is 0 Å². The molecule has 1 aliphatic carbocycles. The molecule has 3 heteroatoms. The van der Waals surface area contributed by atoms with Crippen LogP contribution in [0.25, 0.3) is 32.9 Å². The topological polar surface area (TPSA) is 22.0 Å². The summed E-state index contributed by atoms with van der Waals surface area (Å²) >= 11 is 3.47. The molecule has 3 aromatic carbocycles. The van der Waals surface area contributed by atoms with Gasteiger partial charge in [0.15, 0.2) is 5.78 Å². The molecule has 0 aliphatic heterocycles. The Morgan fingerprint density at radius 2 is 1.65 bits per heavy atom. The van der Waals surface area contributed by atoms with Gasteiger partial charge in [-0.25, -0.2) is 0 Å². The maximum Gasteiger partial charge on any atom is 0.194 e. The number of aromatic nitrogens is 1. The van der Waals surface area contributed by atoms with Crippen LogP contribution in [-0.4, -0.2) is 10.4 Å². The van der Waals surface area contributed by atoms with E-state index in [0.29, 0.717) is 0 Å². The van der Waals surface area contributed by atoms with Gasteiger partial charge in [-0.1, -0.05) is 40.2 Å². The molecule has 110 valence electrons. The molecule has 23 heavy (non-hydrogen) atoms. The minimum Gasteiger partial charge on any atom is -0.344 e. The third-order valence-corrected chi connectivity index (χ3v) is 5.31. The molecule has 1 aliphatic rings. The molecule has 0 radical (unpaired) electrons. The molecule has 0 bridgehead atoms. The maximum absolute atomic E-state index is 12.8. The minimum atomic E-state index is 0.117. The van der Waals surface area contributed by atoms with Crippen LogP contribution in [-0.2, 0) is 7.05 Å². The van der Waals surface area contributed by atoms with Crippen molar-refractivity contribution in [3.8, 4) is 11.1 Å². The summed E-state index contributed by atoms with van der Waals surface area (Å²) in [6.07, 6.45) is 0. The Morgan fingerprint density at radius 3 is 2.52 bits per heavy atom. The van der Waals surface area contributed by atoms with Crippen molar-refractivity contribution < 1.29 is 4.79 Å². The number of aryl methyl sites for hydroxylation is 1. The highest BCUT2D eigenvalue weighted by atomic mass is 79.9. The molecule has 0 saturated heterocycles. The normalized spacial score (nSPS) is 12.9. The zero-order valence-corrected chi connectivity index (χ0v) is 14.0. The van der Waals surface area contributed by atoms with Gasteiger partial charge < -0.3 is 4.57 Å². The van der Waals surface area contributed by atoms with Crippen LogP contribution in [0.5, 0.6) is 0 Å². The molecule has 0 amide bonds. The minimum absolute atomic E-state index is 0.117. The van der Waals surface area contributed by atoms with Crippen molar-refractivity contribution in [2.24, 2.45) is 7.05 Å². The van der Waals surface area contributed by atoms with Crippen molar-refractivity contribution in [1.29, 1.82) is 0 Å². The Bertz CT molecular complexity index is 1150. The van der Waals surface area contributed by atoms with Crippen molar-refractivity contribution in [1.82, 2.24) is 4.57 Å². The first-order chi connectivity index (χ1) is 11.2. The van der Waals surface area contributed by atoms with E-state index in [-0.39, 0.29) is 5.78 Å². The molecule has 0 unspecified atom stereocenters. The number of carbonyl (C=O) groups excluding carboxylic acids is 1. The van der Waals surface area contributed by atoms with Crippen molar-refractivity contribution in [2.75, 3.05) is 0 Å². The fraction of sp³-hybridized carbons (Fsp3) is 0.0500. The highest BCUT2D eigenvalue weighted by Crippen LogP contribution is 2.45. The lowest BCUT2D eigenvalue weighted by Crippen LogP contribution is -1.95. The molecular formula is C20H12BrNO. The van der Waals surface area contributed by atoms with Crippen molar-refractivity contribution in [2.45, 2.75) is 0 Å². The Morgan fingerprint density at radius 1 is 0.870 bits per heavy atom. The lowest BCUT2D eigenvalue weighted by atomic mass is 9.99. The van der Waals surface area contributed by atoms with Crippen LogP contribution in [0, 0.1) is 0 Å². The van der Waals surface area contributed by atoms with Gasteiger partial charge in [0.1, 0.15) is 0 Å². The summed E-state index contributed by atoms with van der Waals surface area (Å²) in [6.45, 7) is 0. The monoisotopic (exact) mass is 361 g/mol. The standard InChI is InChI=1S/C20H12BrNO/c1-22-16-5-3-2-4-13(16)19-17(22)9-8-14-18(19)12-7-6-11(21)10-15(12)20(14)23/h2-10H,1H3. The van der Waals surface area contributed by atoms with Gasteiger partial charge in [0.25, 0.3) is 0 Å². The van der Waals surface area contributed by atoms with E-state index in [0.717, 1.165) is 32.2 Å². The molecule has 2 nitrogen and oxygen atoms in total. The van der Waals surface area contributed by atoms with Gasteiger partial charge in [-0.05, 0) is 35.9 Å². The Balaban J connectivity index is 2.05. The van der Waals surface area contributed by atoms with Gasteiger partial charge in [0.05, 0.1) is 0 Å². The highest BCUT2D eigenvalue weighted by Gasteiger charge is 2.30. The molecule has 0 fully saturated rings. The molecule has 1 aromatic heterocycles. The fourth-order valence-electron chi connectivity index (χ4n) is 3.79. The van der Waals surface area contributed by atoms with E-state index in [2.05, 4.69) is 57.9 Å². The number of hydrogen-bond acceptors (Lipinski definition) is 1. The second-order valence-corrected chi connectivity index (χ2v) is 6.89. The second kappa shape index (κ2) is 4.33. The van der Waals surface area contributed by atoms with Gasteiger partial charge in [-0.15, -0.1) is 0 Å². The Kier molecular flexibility index (Phi) is 2.46. The Labute approximate surface area is 141 Å². The summed E-state index contributed by atoms with van der Waals surface area (Å²) in [5.41, 5.74) is 6.06. The maximum atomic E-state index is 12.8. The van der Waals surface area contributed by atoms with Crippen LogP contribution in [0.3, 0.4) is 0 Å². The fourth-order valence-corrected chi connectivity index (χ4v) is 4.15. The van der Waals surface area contributed by atoms with Crippen molar-refractivity contribution >= 4 is 43.5 Å². The van der Waals surface area contributed by atoms with Crippen LogP contribution >= 0.6 is 15.9 Å². The smallest absolute Gasteiger partial charge is 0.194 e. The summed E-state index contributed by atoms with van der Waals surface area (Å²) in [5.74, 6) is 0.117. The third-order valence-electron chi connectivity index (χ3n) is 4.82. The number of hydrogen-bond donors (Lipinski definition) is 0. The van der Waals surface area contributed by atoms with Crippen molar-refractivity contribution in [3.05, 3.63) is 70.2 Å². The first kappa shape index (κ1) is 13.1. The number of rotatable bonds is 0. The SMILES string of the molecule is Cn1c2ccccc2c2c3c(ccc21)C(=O)c1cc(Br)ccc1-3. The number of fused-ring (bicyclic) bond motifs is 7. The van der Waals surface area contributed by atoms with Crippen LogP contribution < -0.4 is 0 Å². The number of benzene rings is 3. The van der Waals surface area contributed by atoms with Crippen LogP contribution in [0.1, 0.15) is 15.9 Å². The summed E-state index contributed by atoms with van der Waals surface area (Å²) in [5, 5.41) is 2.38. The van der Waals surface area contributed by atoms with Gasteiger partial charge in [-0.3, -0.25) is 4.79 Å². The molecule has 0 saturated carbocycles. The van der Waals surface area contributed by atoms with Gasteiger partial charge >= 0.3 is 0 Å². The first-order valence-electron chi connectivity index (χ1n) is 7.51. The molecule has 0 atom stereocenters. The zero-order chi connectivity index (χ0) is 15.7. The van der Waals surface area contributed by atoms with Crippen LogP contribution in [0.15, 0.2) is 59.1 Å². The lowest BCUT2D eigenvalue weighted by Gasteiger charge is -2.04. The van der Waals surface area contributed by atoms with E-state index >= 15 is 0 Å². The first-order valence-corrected chi connectivity index (χ1v) is 8.31. The molecule has 1 heterocycles. The average molecular weight is 362 g/mol. The highest BCUT2D eigenvalue weighted by molar-refractivity contribution is 9.10. The van der Waals surface area contributed by atoms with Gasteiger partial charge in [-0.2, -0.15) is 0 Å². The van der Waals surface area contributed by atoms with Crippen molar-refractivity contribution in [3.63, 3.8) is 0 Å². The predicted molar refractivity (Wildman–Crippen MR) is 97.0 cm³/mol. The van der Waals surface area contributed by atoms with E-state index in [1.54, 1.807) is 0 Å². The summed E-state index contributed by atoms with van der Waals surface area (Å²) in [4.78, 5) is 12.8. The van der Waals surface area contributed by atoms with E-state index in [1.807, 2.05) is 24.3 Å². The summed E-state index contributed by atoms with van der Waals surface area (Å²) < 4.78 is 3.14. The number of carbonyl (C=O) groups is 1. The largest absolute Gasteiger partial charge is 0.344 e. The third kappa shape index (κ3) is 1.55. The summed E-state index contributed by atoms with van der Waals surface area (Å²) in [7, 11) is 2.08. The molecular weight excluding hydrogens is 350 g/mol. The van der Waals surface area contributed by atoms with Crippen LogP contribution in [0.4, 0.5) is 0 Å². The Hall–Kier alpha value is -2.39. The van der Waals surface area contributed by atoms with E-state index in [9.17, 15) is 4.79 Å². The number of halogens is 1. The number of nitrogens with zero attached hydrogens (tertiary/aromatic N) is 1. The van der Waals surface area contributed by atoms with E-state index in [4.69, 9.17) is 0 Å². The van der Waals surface area contributed by atoms with Gasteiger partial charge in [0, 0.05) is 50.0 Å². The quantitative estimate of drug-likeness (QED) is 0.366. The predicted octanol–water partition coefficient (Wildman–Crippen LogP) is 5.31. The summed E-state index contributed by atoms with van der Waals surface area (Å²) in [6, 6.07) is 18.4. The molecule has 4 aromatic rings. The lowest BCUT2D eigenvalue weighted by molar-refractivity contribution is 0.104. The molecule has 0 N–H and O–H groups in total. The molecule has 0 spiro atoms. The number of para-hydroxylation sites is 1. The zero-order valence-electron chi connectivity index (χ0n) is 12.4. The van der Waals surface area contributed by atoms with Crippen LogP contribution in [0.2, 0.25) is 0 Å². The second-order valence-electron chi connectivity index (χ2n) is 5.98. The molecule has 5 rings (SSSR count). The average Bonchev–Trinajstić information content (AvgIpc) is 3.02. The van der Waals surface area contributed by atoms with E-state index < -0.39 is 0 Å². The van der Waals surface area contributed by atoms with E-state index in [1.165, 1.54) is 16.3 Å².